The van der Waals surface area contributed by atoms with E-state index in [0.29, 0.717) is 17.3 Å². The van der Waals surface area contributed by atoms with Gasteiger partial charge in [-0.15, -0.1) is 0 Å². The second-order valence-corrected chi connectivity index (χ2v) is 3.34. The van der Waals surface area contributed by atoms with E-state index in [1.807, 2.05) is 0 Å². The number of halogens is 1. The molecule has 1 heterocycles. The zero-order valence-electron chi connectivity index (χ0n) is 6.90. The summed E-state index contributed by atoms with van der Waals surface area (Å²) >= 11 is 9.71. The maximum absolute atomic E-state index is 11.1. The summed E-state index contributed by atoms with van der Waals surface area (Å²) in [7, 11) is 0. The van der Waals surface area contributed by atoms with Gasteiger partial charge in [-0.25, -0.2) is 9.78 Å². The molecule has 70 valence electrons. The van der Waals surface area contributed by atoms with Crippen molar-refractivity contribution in [2.45, 2.75) is 6.54 Å². The van der Waals surface area contributed by atoms with Crippen LogP contribution < -0.4 is 5.69 Å². The van der Waals surface area contributed by atoms with Crippen molar-refractivity contribution < 1.29 is 0 Å². The quantitative estimate of drug-likeness (QED) is 0.612. The van der Waals surface area contributed by atoms with Gasteiger partial charge in [0.1, 0.15) is 0 Å². The Hall–Kier alpha value is -0.740. The molecule has 0 unspecified atom stereocenters. The second kappa shape index (κ2) is 4.48. The van der Waals surface area contributed by atoms with Gasteiger partial charge in [0.25, 0.3) is 0 Å². The van der Waals surface area contributed by atoms with Gasteiger partial charge in [-0.3, -0.25) is 4.57 Å². The minimum Gasteiger partial charge on any atom is -0.294 e. The summed E-state index contributed by atoms with van der Waals surface area (Å²) in [5.41, 5.74) is 0.516. The van der Waals surface area contributed by atoms with Gasteiger partial charge in [0.2, 0.25) is 0 Å². The summed E-state index contributed by atoms with van der Waals surface area (Å²) in [6.45, 7) is 4.14. The highest BCUT2D eigenvalue weighted by Gasteiger charge is 1.99. The highest BCUT2D eigenvalue weighted by atomic mass is 35.5. The van der Waals surface area contributed by atoms with E-state index < -0.39 is 0 Å². The molecule has 0 saturated heterocycles. The van der Waals surface area contributed by atoms with E-state index in [1.165, 1.54) is 17.0 Å². The van der Waals surface area contributed by atoms with Crippen LogP contribution in [0.15, 0.2) is 29.3 Å². The van der Waals surface area contributed by atoms with Gasteiger partial charge >= 0.3 is 5.69 Å². The van der Waals surface area contributed by atoms with Crippen molar-refractivity contribution in [2.75, 3.05) is 5.75 Å². The van der Waals surface area contributed by atoms with Crippen molar-refractivity contribution in [2.24, 2.45) is 0 Å². The topological polar surface area (TPSA) is 34.9 Å². The number of hydrogen-bond donors (Lipinski definition) is 1. The fourth-order valence-electron chi connectivity index (χ4n) is 0.833. The van der Waals surface area contributed by atoms with Crippen molar-refractivity contribution >= 4 is 24.2 Å². The van der Waals surface area contributed by atoms with Gasteiger partial charge in [-0.2, -0.15) is 12.6 Å². The van der Waals surface area contributed by atoms with Crippen molar-refractivity contribution in [1.82, 2.24) is 9.55 Å². The summed E-state index contributed by atoms with van der Waals surface area (Å²) in [5, 5.41) is 0.437. The Balaban J connectivity index is 2.94. The number of hydrogen-bond acceptors (Lipinski definition) is 3. The van der Waals surface area contributed by atoms with E-state index >= 15 is 0 Å². The molecule has 13 heavy (non-hydrogen) atoms. The molecule has 1 aromatic rings. The molecule has 5 heteroatoms. The number of rotatable bonds is 3. The van der Waals surface area contributed by atoms with Crippen LogP contribution in [0.5, 0.6) is 0 Å². The smallest absolute Gasteiger partial charge is 0.294 e. The number of nitrogens with zero attached hydrogens (tertiary/aromatic N) is 2. The minimum atomic E-state index is -0.327. The predicted octanol–water partition coefficient (Wildman–Crippen LogP) is 1.38. The summed E-state index contributed by atoms with van der Waals surface area (Å²) in [4.78, 5) is 14.7. The van der Waals surface area contributed by atoms with Gasteiger partial charge in [0.05, 0.1) is 11.2 Å². The van der Waals surface area contributed by atoms with Crippen molar-refractivity contribution in [1.29, 1.82) is 0 Å². The fraction of sp³-hybridized carbons (Fsp3) is 0.250. The first-order valence-corrected chi connectivity index (χ1v) is 4.64. The molecule has 1 aromatic heterocycles. The van der Waals surface area contributed by atoms with E-state index in [9.17, 15) is 4.79 Å². The molecule has 0 spiro atoms. The van der Waals surface area contributed by atoms with E-state index in [-0.39, 0.29) is 5.69 Å². The second-order valence-electron chi connectivity index (χ2n) is 2.59. The monoisotopic (exact) mass is 216 g/mol. The molecule has 0 bridgehead atoms. The Bertz CT molecular complexity index is 375. The van der Waals surface area contributed by atoms with Crippen molar-refractivity contribution in [3.05, 3.63) is 40.1 Å². The predicted molar refractivity (Wildman–Crippen MR) is 56.5 cm³/mol. The first-order valence-electron chi connectivity index (χ1n) is 3.63. The lowest BCUT2D eigenvalue weighted by Gasteiger charge is -2.05. The van der Waals surface area contributed by atoms with Gasteiger partial charge in [0.15, 0.2) is 0 Å². The third-order valence-electron chi connectivity index (χ3n) is 1.44. The van der Waals surface area contributed by atoms with Gasteiger partial charge in [-0.1, -0.05) is 18.2 Å². The fourth-order valence-corrected chi connectivity index (χ4v) is 1.10. The largest absolute Gasteiger partial charge is 0.347 e. The average molecular weight is 217 g/mol. The van der Waals surface area contributed by atoms with Crippen LogP contribution in [0.3, 0.4) is 0 Å². The molecule has 0 saturated carbocycles. The van der Waals surface area contributed by atoms with Gasteiger partial charge in [-0.05, 0) is 5.57 Å². The lowest BCUT2D eigenvalue weighted by molar-refractivity contribution is 0.720. The molecule has 0 aliphatic rings. The lowest BCUT2D eigenvalue weighted by Crippen LogP contribution is -2.22. The summed E-state index contributed by atoms with van der Waals surface area (Å²) in [6, 6.07) is 0. The molecule has 0 fully saturated rings. The first kappa shape index (κ1) is 10.3. The van der Waals surface area contributed by atoms with Gasteiger partial charge < -0.3 is 0 Å². The molecule has 0 atom stereocenters. The summed E-state index contributed by atoms with van der Waals surface area (Å²) in [6.07, 6.45) is 2.86. The molecule has 0 radical (unpaired) electrons. The lowest BCUT2D eigenvalue weighted by atomic mass is 10.3. The molecule has 0 aliphatic carbocycles. The molecule has 1 rings (SSSR count). The maximum Gasteiger partial charge on any atom is 0.347 e. The Morgan fingerprint density at radius 2 is 2.46 bits per heavy atom. The van der Waals surface area contributed by atoms with E-state index in [4.69, 9.17) is 11.6 Å². The average Bonchev–Trinajstić information content (AvgIpc) is 2.11. The highest BCUT2D eigenvalue weighted by Crippen LogP contribution is 2.03. The SMILES string of the molecule is C=C(CS)Cn1cc(Cl)cnc1=O. The third-order valence-corrected chi connectivity index (χ3v) is 2.08. The van der Waals surface area contributed by atoms with Crippen LogP contribution in [0.25, 0.3) is 0 Å². The molecular formula is C8H9ClN2OS. The standard InChI is InChI=1S/C8H9ClN2OS/c1-6(5-13)3-11-4-7(9)2-10-8(11)12/h2,4,13H,1,3,5H2. The summed E-state index contributed by atoms with van der Waals surface area (Å²) < 4.78 is 1.40. The third kappa shape index (κ3) is 2.90. The van der Waals surface area contributed by atoms with Crippen LogP contribution in [0.2, 0.25) is 5.02 Å². The Morgan fingerprint density at radius 1 is 1.77 bits per heavy atom. The van der Waals surface area contributed by atoms with Crippen LogP contribution in [0, 0.1) is 0 Å². The number of thiol groups is 1. The molecule has 0 aliphatic heterocycles. The highest BCUT2D eigenvalue weighted by molar-refractivity contribution is 7.80. The van der Waals surface area contributed by atoms with Crippen LogP contribution >= 0.6 is 24.2 Å². The van der Waals surface area contributed by atoms with Crippen LogP contribution in [0.1, 0.15) is 0 Å². The normalized spacial score (nSPS) is 10.0. The van der Waals surface area contributed by atoms with Crippen LogP contribution in [-0.4, -0.2) is 15.3 Å². The van der Waals surface area contributed by atoms with E-state index in [0.717, 1.165) is 5.57 Å². The van der Waals surface area contributed by atoms with Crippen molar-refractivity contribution in [3.8, 4) is 0 Å². The van der Waals surface area contributed by atoms with E-state index in [1.54, 1.807) is 0 Å². The Morgan fingerprint density at radius 3 is 3.08 bits per heavy atom. The first-order chi connectivity index (χ1) is 6.13. The molecule has 0 amide bonds. The van der Waals surface area contributed by atoms with E-state index in [2.05, 4.69) is 24.2 Å². The summed E-state index contributed by atoms with van der Waals surface area (Å²) in [5.74, 6) is 0.541. The maximum atomic E-state index is 11.1. The van der Waals surface area contributed by atoms with Crippen molar-refractivity contribution in [3.63, 3.8) is 0 Å². The Kier molecular flexibility index (Phi) is 3.57. The molecule has 3 nitrogen and oxygen atoms in total. The molecular weight excluding hydrogens is 208 g/mol. The molecule has 0 aromatic carbocycles. The zero-order valence-corrected chi connectivity index (χ0v) is 8.55. The van der Waals surface area contributed by atoms with Crippen LogP contribution in [0.4, 0.5) is 0 Å². The Labute approximate surface area is 86.5 Å². The zero-order chi connectivity index (χ0) is 9.84. The minimum absolute atomic E-state index is 0.327. The molecule has 0 N–H and O–H groups in total. The van der Waals surface area contributed by atoms with Gasteiger partial charge in [0, 0.05) is 18.5 Å². The van der Waals surface area contributed by atoms with Crippen LogP contribution in [-0.2, 0) is 6.54 Å². The number of aromatic nitrogens is 2.